The Balaban J connectivity index is 1.51. The Morgan fingerprint density at radius 2 is 2.06 bits per heavy atom. The molecular formula is C28H38FN3O3. The molecule has 3 atom stereocenters. The van der Waals surface area contributed by atoms with Crippen LogP contribution in [0.15, 0.2) is 36.5 Å². The minimum atomic E-state index is -0.896. The number of nitrogens with zero attached hydrogens (tertiary/aromatic N) is 1. The number of carbonyl (C=O) groups excluding carboxylic acids is 1. The number of benzene rings is 1. The quantitative estimate of drug-likeness (QED) is 0.523. The molecule has 35 heavy (non-hydrogen) atoms. The third-order valence-electron chi connectivity index (χ3n) is 7.02. The van der Waals surface area contributed by atoms with Crippen molar-refractivity contribution in [1.82, 2.24) is 15.6 Å². The first-order chi connectivity index (χ1) is 16.5. The van der Waals surface area contributed by atoms with Gasteiger partial charge >= 0.3 is 0 Å². The number of nitrogens with one attached hydrogen (secondary N) is 2. The van der Waals surface area contributed by atoms with Crippen LogP contribution in [0.5, 0.6) is 5.88 Å². The minimum absolute atomic E-state index is 0.0208. The number of hydrogen-bond donors (Lipinski definition) is 3. The van der Waals surface area contributed by atoms with Crippen molar-refractivity contribution in [3.8, 4) is 5.88 Å². The Bertz CT molecular complexity index is 1050. The van der Waals surface area contributed by atoms with Gasteiger partial charge in [0.15, 0.2) is 0 Å². The molecule has 1 fully saturated rings. The Morgan fingerprint density at radius 3 is 2.69 bits per heavy atom. The lowest BCUT2D eigenvalue weighted by molar-refractivity contribution is -0.120. The molecule has 0 radical (unpaired) electrons. The van der Waals surface area contributed by atoms with Crippen LogP contribution in [0.4, 0.5) is 4.39 Å². The van der Waals surface area contributed by atoms with Gasteiger partial charge in [0.25, 0.3) is 0 Å². The fourth-order valence-electron chi connectivity index (χ4n) is 5.20. The molecule has 1 saturated carbocycles. The maximum Gasteiger partial charge on any atom is 0.218 e. The lowest BCUT2D eigenvalue weighted by Crippen LogP contribution is -2.52. The van der Waals surface area contributed by atoms with Crippen molar-refractivity contribution in [2.75, 3.05) is 6.54 Å². The van der Waals surface area contributed by atoms with Crippen LogP contribution in [0, 0.1) is 11.2 Å². The molecule has 1 aromatic heterocycles. The molecule has 3 N–H and O–H groups in total. The average Bonchev–Trinajstić information content (AvgIpc) is 2.75. The normalized spacial score (nSPS) is 20.3. The van der Waals surface area contributed by atoms with Gasteiger partial charge in [0.2, 0.25) is 11.8 Å². The van der Waals surface area contributed by atoms with E-state index in [2.05, 4.69) is 42.5 Å². The number of ether oxygens (including phenoxy) is 1. The van der Waals surface area contributed by atoms with E-state index in [1.165, 1.54) is 13.0 Å². The van der Waals surface area contributed by atoms with Gasteiger partial charge in [0.05, 0.1) is 12.1 Å². The second kappa shape index (κ2) is 10.2. The number of amides is 1. The van der Waals surface area contributed by atoms with E-state index in [4.69, 9.17) is 4.74 Å². The van der Waals surface area contributed by atoms with Crippen LogP contribution >= 0.6 is 0 Å². The molecule has 0 bridgehead atoms. The van der Waals surface area contributed by atoms with Gasteiger partial charge in [-0.05, 0) is 60.8 Å². The first-order valence-corrected chi connectivity index (χ1v) is 12.6. The third-order valence-corrected chi connectivity index (χ3v) is 7.02. The van der Waals surface area contributed by atoms with Gasteiger partial charge in [0.1, 0.15) is 11.4 Å². The van der Waals surface area contributed by atoms with Crippen molar-refractivity contribution in [3.05, 3.63) is 59.0 Å². The molecule has 1 aliphatic carbocycles. The Hall–Kier alpha value is -2.51. The van der Waals surface area contributed by atoms with Crippen molar-refractivity contribution in [1.29, 1.82) is 0 Å². The zero-order valence-corrected chi connectivity index (χ0v) is 21.2. The Morgan fingerprint density at radius 1 is 1.31 bits per heavy atom. The number of aliphatic hydroxyl groups excluding tert-OH is 1. The summed E-state index contributed by atoms with van der Waals surface area (Å²) >= 11 is 0. The number of rotatable bonds is 8. The topological polar surface area (TPSA) is 83.5 Å². The number of carbonyl (C=O) groups is 1. The molecule has 1 aliphatic heterocycles. The van der Waals surface area contributed by atoms with Crippen LogP contribution in [0.1, 0.15) is 76.1 Å². The largest absolute Gasteiger partial charge is 0.471 e. The molecule has 6 nitrogen and oxygen atoms in total. The summed E-state index contributed by atoms with van der Waals surface area (Å²) in [4.78, 5) is 16.5. The van der Waals surface area contributed by atoms with E-state index in [0.29, 0.717) is 11.4 Å². The SMILES string of the molecule is CC(=O)N[C@@H](Cc1ccccc1F)[C@@H](O)CN[C@H]1CC2(CCC2)Oc2ncc(CC(C)(C)C)cc21. The molecule has 1 spiro atoms. The summed E-state index contributed by atoms with van der Waals surface area (Å²) in [6.45, 7) is 8.28. The Kier molecular flexibility index (Phi) is 7.48. The first-order valence-electron chi connectivity index (χ1n) is 12.6. The zero-order chi connectivity index (χ0) is 25.2. The summed E-state index contributed by atoms with van der Waals surface area (Å²) in [5.74, 6) is 0.0716. The molecule has 1 aromatic carbocycles. The molecule has 2 aromatic rings. The lowest BCUT2D eigenvalue weighted by Gasteiger charge is -2.47. The van der Waals surface area contributed by atoms with E-state index in [-0.39, 0.29) is 41.7 Å². The van der Waals surface area contributed by atoms with Crippen LogP contribution in [0.3, 0.4) is 0 Å². The molecular weight excluding hydrogens is 445 g/mol. The molecule has 190 valence electrons. The third kappa shape index (κ3) is 6.39. The van der Waals surface area contributed by atoms with Crippen LogP contribution in [-0.4, -0.2) is 40.3 Å². The number of halogens is 1. The van der Waals surface area contributed by atoms with Gasteiger partial charge < -0.3 is 20.5 Å². The summed E-state index contributed by atoms with van der Waals surface area (Å²) in [6.07, 6.45) is 6.08. The van der Waals surface area contributed by atoms with E-state index in [9.17, 15) is 14.3 Å². The monoisotopic (exact) mass is 483 g/mol. The summed E-state index contributed by atoms with van der Waals surface area (Å²) in [5.41, 5.74) is 2.58. The van der Waals surface area contributed by atoms with Crippen molar-refractivity contribution in [2.24, 2.45) is 5.41 Å². The van der Waals surface area contributed by atoms with Crippen molar-refractivity contribution >= 4 is 5.91 Å². The van der Waals surface area contributed by atoms with E-state index < -0.39 is 12.1 Å². The van der Waals surface area contributed by atoms with Gasteiger partial charge in [-0.3, -0.25) is 4.79 Å². The number of pyridine rings is 1. The van der Waals surface area contributed by atoms with E-state index >= 15 is 0 Å². The fourth-order valence-corrected chi connectivity index (χ4v) is 5.20. The maximum atomic E-state index is 14.2. The molecule has 2 aliphatic rings. The van der Waals surface area contributed by atoms with Crippen molar-refractivity contribution < 1.29 is 19.0 Å². The molecule has 0 saturated heterocycles. The summed E-state index contributed by atoms with van der Waals surface area (Å²) in [5, 5.41) is 17.4. The molecule has 2 heterocycles. The molecule has 7 heteroatoms. The highest BCUT2D eigenvalue weighted by atomic mass is 19.1. The second-order valence-corrected chi connectivity index (χ2v) is 11.4. The standard InChI is InChI=1S/C28H38FN3O3/c1-18(33)32-23(13-20-8-5-6-9-22(20)29)25(34)17-30-24-15-28(10-7-11-28)35-26-21(24)12-19(16-31-26)14-27(2,3)4/h5-6,8-9,12,16,23-25,30,34H,7,10-11,13-15,17H2,1-4H3,(H,32,33)/t23-,24-,25-/m0/s1. The summed E-state index contributed by atoms with van der Waals surface area (Å²) in [7, 11) is 0. The lowest BCUT2D eigenvalue weighted by atomic mass is 9.73. The van der Waals surface area contributed by atoms with Gasteiger partial charge in [0, 0.05) is 37.7 Å². The molecule has 0 unspecified atom stereocenters. The fraction of sp³-hybridized carbons (Fsp3) is 0.571. The predicted molar refractivity (Wildman–Crippen MR) is 134 cm³/mol. The minimum Gasteiger partial charge on any atom is -0.471 e. The molecule has 4 rings (SSSR count). The number of aliphatic hydroxyl groups is 1. The van der Waals surface area contributed by atoms with Gasteiger partial charge in [-0.1, -0.05) is 39.0 Å². The van der Waals surface area contributed by atoms with Crippen LogP contribution in [0.2, 0.25) is 0 Å². The average molecular weight is 484 g/mol. The van der Waals surface area contributed by atoms with Gasteiger partial charge in [-0.15, -0.1) is 0 Å². The van der Waals surface area contributed by atoms with Crippen molar-refractivity contribution in [3.63, 3.8) is 0 Å². The maximum absolute atomic E-state index is 14.2. The van der Waals surface area contributed by atoms with Gasteiger partial charge in [-0.25, -0.2) is 9.37 Å². The van der Waals surface area contributed by atoms with Crippen LogP contribution in [-0.2, 0) is 17.6 Å². The number of hydrogen-bond acceptors (Lipinski definition) is 5. The highest BCUT2D eigenvalue weighted by molar-refractivity contribution is 5.73. The predicted octanol–water partition coefficient (Wildman–Crippen LogP) is 4.25. The zero-order valence-electron chi connectivity index (χ0n) is 21.2. The van der Waals surface area contributed by atoms with Crippen LogP contribution in [0.25, 0.3) is 0 Å². The van der Waals surface area contributed by atoms with E-state index in [1.807, 2.05) is 6.20 Å². The van der Waals surface area contributed by atoms with Crippen molar-refractivity contribution in [2.45, 2.75) is 90.0 Å². The number of fused-ring (bicyclic) bond motifs is 1. The highest BCUT2D eigenvalue weighted by Crippen LogP contribution is 2.48. The highest BCUT2D eigenvalue weighted by Gasteiger charge is 2.46. The summed E-state index contributed by atoms with van der Waals surface area (Å²) in [6, 6.07) is 8.00. The summed E-state index contributed by atoms with van der Waals surface area (Å²) < 4.78 is 20.6. The molecule has 1 amide bonds. The van der Waals surface area contributed by atoms with E-state index in [1.54, 1.807) is 18.2 Å². The number of aromatic nitrogens is 1. The smallest absolute Gasteiger partial charge is 0.218 e. The van der Waals surface area contributed by atoms with Gasteiger partial charge in [-0.2, -0.15) is 0 Å². The Labute approximate surface area is 207 Å². The first kappa shape index (κ1) is 25.6. The van der Waals surface area contributed by atoms with Crippen LogP contribution < -0.4 is 15.4 Å². The van der Waals surface area contributed by atoms with E-state index in [0.717, 1.165) is 43.2 Å². The second-order valence-electron chi connectivity index (χ2n) is 11.4.